The van der Waals surface area contributed by atoms with Crippen molar-refractivity contribution in [2.24, 2.45) is 5.92 Å². The quantitative estimate of drug-likeness (QED) is 0.463. The summed E-state index contributed by atoms with van der Waals surface area (Å²) in [5.74, 6) is -0.293. The number of anilines is 2. The molecule has 10 nitrogen and oxygen atoms in total. The van der Waals surface area contributed by atoms with Crippen molar-refractivity contribution in [2.75, 3.05) is 62.2 Å². The van der Waals surface area contributed by atoms with Crippen LogP contribution in [0.5, 0.6) is 0 Å². The van der Waals surface area contributed by atoms with E-state index in [1.807, 2.05) is 11.0 Å². The van der Waals surface area contributed by atoms with Crippen molar-refractivity contribution in [3.8, 4) is 0 Å². The molecule has 2 amide bonds. The Morgan fingerprint density at radius 3 is 2.38 bits per heavy atom. The maximum atomic E-state index is 13.9. The Balaban J connectivity index is 1.40. The first kappa shape index (κ1) is 24.9. The first-order chi connectivity index (χ1) is 17.9. The second-order valence-corrected chi connectivity index (χ2v) is 9.93. The molecule has 0 unspecified atom stereocenters. The number of carbonyl (C=O) groups excluding carboxylic acids is 2. The fraction of sp³-hybridized carbons (Fsp3) is 0.481. The molecule has 5 rings (SSSR count). The topological polar surface area (TPSA) is 99.5 Å². The zero-order valence-corrected chi connectivity index (χ0v) is 21.3. The number of non-ortho nitro benzene ring substituents is 1. The fourth-order valence-corrected chi connectivity index (χ4v) is 5.76. The summed E-state index contributed by atoms with van der Waals surface area (Å²) in [6.07, 6.45) is 0.109. The van der Waals surface area contributed by atoms with Crippen LogP contribution in [0.15, 0.2) is 42.5 Å². The molecule has 0 bridgehead atoms. The van der Waals surface area contributed by atoms with E-state index in [9.17, 15) is 19.7 Å². The van der Waals surface area contributed by atoms with Crippen molar-refractivity contribution in [1.82, 2.24) is 9.80 Å². The molecule has 2 fully saturated rings. The van der Waals surface area contributed by atoms with E-state index in [1.54, 1.807) is 24.0 Å². The number of nitrogens with zero attached hydrogens (tertiary/aromatic N) is 5. The molecule has 2 aromatic carbocycles. The number of nitro benzene ring substituents is 1. The second-order valence-electron chi connectivity index (χ2n) is 9.93. The molecule has 2 aromatic rings. The third kappa shape index (κ3) is 4.92. The van der Waals surface area contributed by atoms with Gasteiger partial charge < -0.3 is 24.3 Å². The highest BCUT2D eigenvalue weighted by Crippen LogP contribution is 2.39. The van der Waals surface area contributed by atoms with Crippen LogP contribution in [-0.4, -0.2) is 85.2 Å². The predicted octanol–water partition coefficient (Wildman–Crippen LogP) is 3.07. The smallest absolute Gasteiger partial charge is 0.409 e. The van der Waals surface area contributed by atoms with E-state index >= 15 is 0 Å². The highest BCUT2D eigenvalue weighted by atomic mass is 16.6. The van der Waals surface area contributed by atoms with Gasteiger partial charge in [-0.25, -0.2) is 4.79 Å². The van der Waals surface area contributed by atoms with Crippen molar-refractivity contribution < 1.29 is 19.2 Å². The molecule has 0 aliphatic carbocycles. The maximum Gasteiger partial charge on any atom is 0.409 e. The maximum absolute atomic E-state index is 13.9. The Kier molecular flexibility index (Phi) is 6.90. The van der Waals surface area contributed by atoms with Gasteiger partial charge >= 0.3 is 6.09 Å². The molecular formula is C27H33N5O5. The minimum absolute atomic E-state index is 0.0430. The number of hydrogen-bond acceptors (Lipinski definition) is 7. The summed E-state index contributed by atoms with van der Waals surface area (Å²) in [5, 5.41) is 11.5. The van der Waals surface area contributed by atoms with Crippen LogP contribution >= 0.6 is 0 Å². The van der Waals surface area contributed by atoms with Gasteiger partial charge in [-0.2, -0.15) is 0 Å². The summed E-state index contributed by atoms with van der Waals surface area (Å²) >= 11 is 0. The van der Waals surface area contributed by atoms with Crippen LogP contribution in [0.25, 0.3) is 0 Å². The lowest BCUT2D eigenvalue weighted by atomic mass is 9.82. The summed E-state index contributed by atoms with van der Waals surface area (Å²) in [5.41, 5.74) is 4.21. The molecule has 10 heteroatoms. The Hall–Kier alpha value is -3.82. The van der Waals surface area contributed by atoms with Crippen LogP contribution in [0.4, 0.5) is 21.9 Å². The zero-order chi connectivity index (χ0) is 26.1. The lowest BCUT2D eigenvalue weighted by molar-refractivity contribution is -0.384. The molecule has 2 atom stereocenters. The molecular weight excluding hydrogens is 474 g/mol. The first-order valence-corrected chi connectivity index (χ1v) is 12.9. The molecule has 0 aromatic heterocycles. The Morgan fingerprint density at radius 1 is 1.00 bits per heavy atom. The van der Waals surface area contributed by atoms with Gasteiger partial charge in [0.25, 0.3) is 5.69 Å². The number of ether oxygens (including phenoxy) is 1. The van der Waals surface area contributed by atoms with E-state index in [4.69, 9.17) is 4.74 Å². The van der Waals surface area contributed by atoms with Crippen LogP contribution in [0.1, 0.15) is 18.1 Å². The lowest BCUT2D eigenvalue weighted by Gasteiger charge is -2.50. The van der Waals surface area contributed by atoms with Crippen LogP contribution in [0, 0.1) is 23.0 Å². The average Bonchev–Trinajstić information content (AvgIpc) is 2.92. The monoisotopic (exact) mass is 507 g/mol. The van der Waals surface area contributed by atoms with Gasteiger partial charge in [-0.15, -0.1) is 0 Å². The van der Waals surface area contributed by atoms with E-state index in [0.29, 0.717) is 45.8 Å². The molecule has 0 saturated carbocycles. The molecule has 3 aliphatic heterocycles. The van der Waals surface area contributed by atoms with E-state index in [0.717, 1.165) is 30.0 Å². The van der Waals surface area contributed by atoms with Crippen LogP contribution in [0.2, 0.25) is 0 Å². The van der Waals surface area contributed by atoms with Gasteiger partial charge in [0, 0.05) is 69.3 Å². The third-order valence-corrected chi connectivity index (χ3v) is 7.74. The highest BCUT2D eigenvalue weighted by Gasteiger charge is 2.44. The number of carbonyl (C=O) groups is 2. The summed E-state index contributed by atoms with van der Waals surface area (Å²) in [6, 6.07) is 13.4. The molecule has 0 N–H and O–H groups in total. The van der Waals surface area contributed by atoms with Crippen LogP contribution < -0.4 is 9.80 Å². The molecule has 37 heavy (non-hydrogen) atoms. The number of benzene rings is 2. The number of fused-ring (bicyclic) bond motifs is 3. The number of amides is 2. The highest BCUT2D eigenvalue weighted by molar-refractivity contribution is 5.83. The minimum atomic E-state index is -0.382. The van der Waals surface area contributed by atoms with Crippen LogP contribution in [-0.2, 0) is 16.0 Å². The molecule has 3 heterocycles. The summed E-state index contributed by atoms with van der Waals surface area (Å²) in [6.45, 7) is 8.15. The fourth-order valence-electron chi connectivity index (χ4n) is 5.76. The number of rotatable bonds is 4. The molecule has 3 aliphatic rings. The molecule has 0 spiro atoms. The Morgan fingerprint density at radius 2 is 1.70 bits per heavy atom. The number of piperazine rings is 2. The second kappa shape index (κ2) is 10.3. The van der Waals surface area contributed by atoms with Gasteiger partial charge in [-0.05, 0) is 44.0 Å². The molecule has 2 saturated heterocycles. The Labute approximate surface area is 216 Å². The van der Waals surface area contributed by atoms with Crippen molar-refractivity contribution in [3.63, 3.8) is 0 Å². The van der Waals surface area contributed by atoms with Crippen molar-refractivity contribution in [3.05, 3.63) is 63.7 Å². The summed E-state index contributed by atoms with van der Waals surface area (Å²) < 4.78 is 5.11. The van der Waals surface area contributed by atoms with Gasteiger partial charge in [0.2, 0.25) is 5.91 Å². The van der Waals surface area contributed by atoms with Gasteiger partial charge in [-0.3, -0.25) is 14.9 Å². The van der Waals surface area contributed by atoms with E-state index < -0.39 is 0 Å². The summed E-state index contributed by atoms with van der Waals surface area (Å²) in [7, 11) is 0. The predicted molar refractivity (Wildman–Crippen MR) is 140 cm³/mol. The number of nitro groups is 1. The first-order valence-electron chi connectivity index (χ1n) is 12.9. The third-order valence-electron chi connectivity index (χ3n) is 7.74. The summed E-state index contributed by atoms with van der Waals surface area (Å²) in [4.78, 5) is 45.2. The van der Waals surface area contributed by atoms with E-state index in [-0.39, 0.29) is 34.6 Å². The normalized spacial score (nSPS) is 21.2. The minimum Gasteiger partial charge on any atom is -0.450 e. The Bertz CT molecular complexity index is 1180. The standard InChI is InChI=1S/C27H33N5O5/c1-3-37-27(34)29-12-10-28(11-13-29)26(33)23-17-20-16-22(32(35)36)8-9-24(20)31-15-14-30(18-25(23)31)21-6-4-19(2)5-7-21/h4-9,16,23,25H,3,10-15,17-18H2,1-2H3/t23-,25-/m0/s1. The SMILES string of the molecule is CCOC(=O)N1CCN(C(=O)[C@H]2Cc3cc([N+](=O)[O-])ccc3N3CCN(c4ccc(C)cc4)C[C@@H]23)CC1. The van der Waals surface area contributed by atoms with Crippen molar-refractivity contribution >= 4 is 29.1 Å². The van der Waals surface area contributed by atoms with Gasteiger partial charge in [-0.1, -0.05) is 17.7 Å². The zero-order valence-electron chi connectivity index (χ0n) is 21.3. The number of aryl methyl sites for hydroxylation is 1. The molecule has 196 valence electrons. The van der Waals surface area contributed by atoms with Gasteiger partial charge in [0.15, 0.2) is 0 Å². The van der Waals surface area contributed by atoms with Crippen molar-refractivity contribution in [2.45, 2.75) is 26.3 Å². The average molecular weight is 508 g/mol. The van der Waals surface area contributed by atoms with E-state index in [1.165, 1.54) is 5.56 Å². The van der Waals surface area contributed by atoms with Crippen molar-refractivity contribution in [1.29, 1.82) is 0 Å². The number of hydrogen-bond donors (Lipinski definition) is 0. The van der Waals surface area contributed by atoms with E-state index in [2.05, 4.69) is 41.0 Å². The van der Waals surface area contributed by atoms with Gasteiger partial charge in [0.05, 0.1) is 23.5 Å². The lowest BCUT2D eigenvalue weighted by Crippen LogP contribution is -2.62. The van der Waals surface area contributed by atoms with Gasteiger partial charge in [0.1, 0.15) is 0 Å². The molecule has 0 radical (unpaired) electrons. The van der Waals surface area contributed by atoms with Crippen LogP contribution in [0.3, 0.4) is 0 Å². The largest absolute Gasteiger partial charge is 0.450 e.